The smallest absolute Gasteiger partial charge is 0.396 e. The number of aliphatic hydroxyl groups excluding tert-OH is 1. The van der Waals surface area contributed by atoms with Gasteiger partial charge in [0, 0.05) is 28.2 Å². The first-order valence-corrected chi connectivity index (χ1v) is 12.5. The maximum absolute atomic E-state index is 13.0. The third kappa shape index (κ3) is 7.88. The maximum atomic E-state index is 13.0. The average molecular weight is 579 g/mol. The Morgan fingerprint density at radius 2 is 1.45 bits per heavy atom. The third-order valence-electron chi connectivity index (χ3n) is 5.84. The average Bonchev–Trinajstić information content (AvgIpc) is 2.95. The Kier molecular flexibility index (Phi) is 9.12. The first kappa shape index (κ1) is 29.7. The van der Waals surface area contributed by atoms with Gasteiger partial charge in [-0.1, -0.05) is 18.2 Å². The molecule has 3 amide bonds. The van der Waals surface area contributed by atoms with Crippen molar-refractivity contribution in [2.45, 2.75) is 19.5 Å². The fourth-order valence-electron chi connectivity index (χ4n) is 3.77. The second kappa shape index (κ2) is 12.9. The topological polar surface area (TPSA) is 145 Å². The minimum Gasteiger partial charge on any atom is -0.396 e. The van der Waals surface area contributed by atoms with Gasteiger partial charge in [-0.15, -0.1) is 0 Å². The molecule has 5 N–H and O–H groups in total. The van der Waals surface area contributed by atoms with Gasteiger partial charge < -0.3 is 26.4 Å². The Hall–Kier alpha value is -5.30. The van der Waals surface area contributed by atoms with Crippen molar-refractivity contribution in [3.63, 3.8) is 0 Å². The highest BCUT2D eigenvalue weighted by atomic mass is 19.4. The number of carbonyl (C=O) groups excluding carboxylic acids is 3. The number of amides is 3. The molecule has 42 heavy (non-hydrogen) atoms. The van der Waals surface area contributed by atoms with Gasteiger partial charge in [-0.25, -0.2) is 9.97 Å². The van der Waals surface area contributed by atoms with Crippen molar-refractivity contribution in [1.29, 1.82) is 0 Å². The van der Waals surface area contributed by atoms with Crippen molar-refractivity contribution < 1.29 is 32.7 Å². The molecular weight excluding hydrogens is 553 g/mol. The number of carbonyl (C=O) groups is 3. The second-order valence-electron chi connectivity index (χ2n) is 9.04. The Bertz CT molecular complexity index is 1610. The molecule has 1 aromatic heterocycles. The van der Waals surface area contributed by atoms with E-state index in [9.17, 15) is 27.6 Å². The van der Waals surface area contributed by atoms with Crippen LogP contribution in [-0.4, -0.2) is 39.4 Å². The Morgan fingerprint density at radius 3 is 2.17 bits per heavy atom. The van der Waals surface area contributed by atoms with Crippen LogP contribution in [0.25, 0.3) is 0 Å². The molecule has 13 heteroatoms. The van der Waals surface area contributed by atoms with Crippen LogP contribution >= 0.6 is 0 Å². The van der Waals surface area contributed by atoms with E-state index in [2.05, 4.69) is 31.2 Å². The van der Waals surface area contributed by atoms with E-state index in [0.717, 1.165) is 18.2 Å². The van der Waals surface area contributed by atoms with E-state index < -0.39 is 23.6 Å². The van der Waals surface area contributed by atoms with Crippen LogP contribution in [0.5, 0.6) is 0 Å². The lowest BCUT2D eigenvalue weighted by molar-refractivity contribution is -0.137. The number of aliphatic hydroxyl groups is 1. The van der Waals surface area contributed by atoms with Crippen LogP contribution in [-0.2, 0) is 11.0 Å². The summed E-state index contributed by atoms with van der Waals surface area (Å²) in [5, 5.41) is 19.7. The molecule has 0 fully saturated rings. The highest BCUT2D eigenvalue weighted by Gasteiger charge is 2.31. The van der Waals surface area contributed by atoms with Gasteiger partial charge in [0.1, 0.15) is 0 Å². The number of rotatable bonds is 9. The molecule has 0 saturated carbocycles. The lowest BCUT2D eigenvalue weighted by Crippen LogP contribution is -2.16. The number of hydrogen-bond acceptors (Lipinski definition) is 7. The van der Waals surface area contributed by atoms with E-state index >= 15 is 0 Å². The number of nitrogens with one attached hydrogen (secondary N) is 4. The molecule has 10 nitrogen and oxygen atoms in total. The van der Waals surface area contributed by atoms with Crippen LogP contribution in [0.1, 0.15) is 38.3 Å². The van der Waals surface area contributed by atoms with Crippen molar-refractivity contribution in [3.05, 3.63) is 101 Å². The molecule has 3 aromatic carbocycles. The van der Waals surface area contributed by atoms with Gasteiger partial charge in [-0.05, 0) is 61.0 Å². The summed E-state index contributed by atoms with van der Waals surface area (Å²) in [6.45, 7) is 1.43. The van der Waals surface area contributed by atoms with E-state index in [-0.39, 0.29) is 47.4 Å². The van der Waals surface area contributed by atoms with E-state index in [1.165, 1.54) is 30.6 Å². The van der Waals surface area contributed by atoms with E-state index in [4.69, 9.17) is 5.11 Å². The normalized spacial score (nSPS) is 11.0. The summed E-state index contributed by atoms with van der Waals surface area (Å²) < 4.78 is 39.0. The lowest BCUT2D eigenvalue weighted by atomic mass is 10.1. The molecule has 0 aliphatic heterocycles. The number of halogens is 3. The molecule has 4 rings (SSSR count). The van der Waals surface area contributed by atoms with Crippen molar-refractivity contribution in [1.82, 2.24) is 9.97 Å². The number of nitrogens with zero attached hydrogens (tertiary/aromatic N) is 2. The quantitative estimate of drug-likeness (QED) is 0.179. The van der Waals surface area contributed by atoms with Crippen LogP contribution in [0.2, 0.25) is 0 Å². The van der Waals surface area contributed by atoms with E-state index in [1.54, 1.807) is 37.3 Å². The summed E-state index contributed by atoms with van der Waals surface area (Å²) in [4.78, 5) is 45.6. The number of aromatic nitrogens is 2. The standard InChI is InChI=1S/C29H25F3N6O4/c1-17-8-9-22(36-26(41)18-4-2-5-19(12-18)29(30,31)32)14-24(17)27(42)37-23-15-33-28(34-16-23)38-21-7-3-6-20(13-21)35-25(40)10-11-39/h2-9,12-16,39H,10-11H2,1H3,(H,35,40)(H,36,41)(H,37,42)(H,33,34,38). The molecule has 0 bridgehead atoms. The van der Waals surface area contributed by atoms with Crippen molar-refractivity contribution in [3.8, 4) is 0 Å². The molecular formula is C29H25F3N6O4. The van der Waals surface area contributed by atoms with Gasteiger partial charge in [-0.2, -0.15) is 13.2 Å². The summed E-state index contributed by atoms with van der Waals surface area (Å²) >= 11 is 0. The van der Waals surface area contributed by atoms with Crippen LogP contribution in [0.4, 0.5) is 41.9 Å². The number of hydrogen-bond donors (Lipinski definition) is 5. The van der Waals surface area contributed by atoms with Gasteiger partial charge in [-0.3, -0.25) is 14.4 Å². The molecule has 0 unspecified atom stereocenters. The van der Waals surface area contributed by atoms with Crippen molar-refractivity contribution in [2.24, 2.45) is 0 Å². The van der Waals surface area contributed by atoms with Crippen LogP contribution in [0, 0.1) is 6.92 Å². The summed E-state index contributed by atoms with van der Waals surface area (Å²) in [7, 11) is 0. The van der Waals surface area contributed by atoms with E-state index in [0.29, 0.717) is 16.9 Å². The number of alkyl halides is 3. The number of anilines is 5. The zero-order valence-corrected chi connectivity index (χ0v) is 22.1. The minimum atomic E-state index is -4.59. The van der Waals surface area contributed by atoms with E-state index in [1.807, 2.05) is 0 Å². The van der Waals surface area contributed by atoms with Gasteiger partial charge in [0.15, 0.2) is 0 Å². The summed E-state index contributed by atoms with van der Waals surface area (Å²) in [5.74, 6) is -1.38. The zero-order chi connectivity index (χ0) is 30.3. The maximum Gasteiger partial charge on any atom is 0.416 e. The molecule has 1 heterocycles. The van der Waals surface area contributed by atoms with Gasteiger partial charge in [0.2, 0.25) is 11.9 Å². The predicted octanol–water partition coefficient (Wildman–Crippen LogP) is 5.37. The fourth-order valence-corrected chi connectivity index (χ4v) is 3.77. The number of benzene rings is 3. The second-order valence-corrected chi connectivity index (χ2v) is 9.04. The molecule has 0 aliphatic carbocycles. The lowest BCUT2D eigenvalue weighted by Gasteiger charge is -2.12. The Labute approximate surface area is 238 Å². The fraction of sp³-hybridized carbons (Fsp3) is 0.138. The summed E-state index contributed by atoms with van der Waals surface area (Å²) in [6.07, 6.45) is -1.84. The molecule has 0 spiro atoms. The molecule has 0 saturated heterocycles. The van der Waals surface area contributed by atoms with Crippen LogP contribution in [0.3, 0.4) is 0 Å². The molecule has 0 atom stereocenters. The van der Waals surface area contributed by atoms with Crippen molar-refractivity contribution >= 4 is 46.4 Å². The zero-order valence-electron chi connectivity index (χ0n) is 22.1. The highest BCUT2D eigenvalue weighted by Crippen LogP contribution is 2.30. The first-order valence-electron chi connectivity index (χ1n) is 12.5. The minimum absolute atomic E-state index is 0.0216. The highest BCUT2D eigenvalue weighted by molar-refractivity contribution is 6.08. The molecule has 4 aromatic rings. The molecule has 0 aliphatic rings. The van der Waals surface area contributed by atoms with Crippen LogP contribution in [0.15, 0.2) is 79.1 Å². The summed E-state index contributed by atoms with van der Waals surface area (Å²) in [6, 6.07) is 15.4. The van der Waals surface area contributed by atoms with Crippen molar-refractivity contribution in [2.75, 3.05) is 27.9 Å². The monoisotopic (exact) mass is 578 g/mol. The van der Waals surface area contributed by atoms with Gasteiger partial charge in [0.05, 0.1) is 36.7 Å². The SMILES string of the molecule is Cc1ccc(NC(=O)c2cccc(C(F)(F)F)c2)cc1C(=O)Nc1cnc(Nc2cccc(NC(=O)CCO)c2)nc1. The number of aryl methyl sites for hydroxylation is 1. The van der Waals surface area contributed by atoms with Gasteiger partial charge in [0.25, 0.3) is 11.8 Å². The predicted molar refractivity (Wildman–Crippen MR) is 151 cm³/mol. The Morgan fingerprint density at radius 1 is 0.786 bits per heavy atom. The third-order valence-corrected chi connectivity index (χ3v) is 5.84. The molecule has 216 valence electrons. The van der Waals surface area contributed by atoms with Crippen LogP contribution < -0.4 is 21.3 Å². The van der Waals surface area contributed by atoms with Gasteiger partial charge >= 0.3 is 6.18 Å². The Balaban J connectivity index is 1.40. The molecule has 0 radical (unpaired) electrons. The largest absolute Gasteiger partial charge is 0.416 e. The summed E-state index contributed by atoms with van der Waals surface area (Å²) in [5.41, 5.74) is 1.30. The first-order chi connectivity index (χ1) is 20.0.